The van der Waals surface area contributed by atoms with E-state index in [1.807, 2.05) is 18.2 Å². The van der Waals surface area contributed by atoms with Crippen LogP contribution in [0.25, 0.3) is 22.0 Å². The quantitative estimate of drug-likeness (QED) is 0.298. The van der Waals surface area contributed by atoms with Crippen LogP contribution >= 0.6 is 0 Å². The summed E-state index contributed by atoms with van der Waals surface area (Å²) in [4.78, 5) is 15.7. The van der Waals surface area contributed by atoms with Crippen molar-refractivity contribution < 1.29 is 17.5 Å². The zero-order chi connectivity index (χ0) is 26.2. The van der Waals surface area contributed by atoms with Gasteiger partial charge in [-0.1, -0.05) is 18.2 Å². The Morgan fingerprint density at radius 1 is 1.00 bits per heavy atom. The van der Waals surface area contributed by atoms with Gasteiger partial charge in [-0.15, -0.1) is 0 Å². The smallest absolute Gasteiger partial charge is 0.274 e. The number of aryl methyl sites for hydroxylation is 1. The molecule has 0 bridgehead atoms. The molecule has 0 amide bonds. The van der Waals surface area contributed by atoms with Crippen molar-refractivity contribution in [3.63, 3.8) is 0 Å². The maximum atomic E-state index is 13.5. The van der Waals surface area contributed by atoms with Gasteiger partial charge in [0, 0.05) is 60.5 Å². The summed E-state index contributed by atoms with van der Waals surface area (Å²) in [6.07, 6.45) is 4.49. The van der Waals surface area contributed by atoms with Crippen LogP contribution in [-0.4, -0.2) is 24.2 Å². The lowest BCUT2D eigenvalue weighted by molar-refractivity contribution is 0.484. The average Bonchev–Trinajstić information content (AvgIpc) is 3.35. The molecule has 0 aliphatic rings. The number of nitrogens with one attached hydrogen (secondary N) is 2. The van der Waals surface area contributed by atoms with Crippen molar-refractivity contribution >= 4 is 26.4 Å². The number of aromatic nitrogens is 2. The van der Waals surface area contributed by atoms with Gasteiger partial charge in [-0.25, -0.2) is 12.8 Å². The molecule has 37 heavy (non-hydrogen) atoms. The fourth-order valence-electron chi connectivity index (χ4n) is 4.17. The lowest BCUT2D eigenvalue weighted by Crippen LogP contribution is -2.16. The molecule has 0 unspecified atom stereocenters. The predicted octanol–water partition coefficient (Wildman–Crippen LogP) is 5.48. The van der Waals surface area contributed by atoms with Crippen molar-refractivity contribution in [1.82, 2.24) is 9.55 Å². The molecule has 2 heterocycles. The predicted molar refractivity (Wildman–Crippen MR) is 142 cm³/mol. The van der Waals surface area contributed by atoms with Crippen molar-refractivity contribution in [2.24, 2.45) is 7.05 Å². The Hall–Kier alpha value is -4.37. The Bertz CT molecular complexity index is 1790. The maximum absolute atomic E-state index is 13.5. The number of rotatable bonds is 7. The molecule has 2 aromatic heterocycles. The van der Waals surface area contributed by atoms with Crippen LogP contribution in [0.4, 0.5) is 10.1 Å². The van der Waals surface area contributed by atoms with Crippen molar-refractivity contribution in [3.8, 4) is 22.6 Å². The van der Waals surface area contributed by atoms with Gasteiger partial charge in [-0.3, -0.25) is 4.79 Å². The molecule has 9 heteroatoms. The van der Waals surface area contributed by atoms with Gasteiger partial charge in [0.1, 0.15) is 22.8 Å². The highest BCUT2D eigenvalue weighted by Crippen LogP contribution is 2.38. The molecule has 7 nitrogen and oxygen atoms in total. The Morgan fingerprint density at radius 3 is 2.59 bits per heavy atom. The van der Waals surface area contributed by atoms with Crippen molar-refractivity contribution in [2.45, 2.75) is 11.4 Å². The first-order chi connectivity index (χ1) is 17.7. The largest absolute Gasteiger partial charge is 0.457 e. The van der Waals surface area contributed by atoms with Crippen LogP contribution in [0.3, 0.4) is 0 Å². The van der Waals surface area contributed by atoms with Gasteiger partial charge in [-0.05, 0) is 54.1 Å². The standard InChI is InChI=1S/C28H24FN3O4S/c1-32-17-25(23-11-12-30-27(23)28(32)33)24-15-22(37(2,34)35)9-10-26(24)36-21-8-4-7-20(14-21)31-16-18-5-3-6-19(29)13-18/h3-15,17,30-31H,16H2,1-2H3. The van der Waals surface area contributed by atoms with Crippen LogP contribution in [0.1, 0.15) is 5.56 Å². The number of fused-ring (bicyclic) bond motifs is 1. The number of aromatic amines is 1. The second-order valence-corrected chi connectivity index (χ2v) is 10.8. The average molecular weight is 518 g/mol. The van der Waals surface area contributed by atoms with E-state index < -0.39 is 9.84 Å². The van der Waals surface area contributed by atoms with E-state index in [-0.39, 0.29) is 16.3 Å². The minimum absolute atomic E-state index is 0.137. The SMILES string of the molecule is Cn1cc(-c2cc(S(C)(=O)=O)ccc2Oc2cccc(NCc3cccc(F)c3)c2)c2cc[nH]c2c1=O. The number of anilines is 1. The highest BCUT2D eigenvalue weighted by atomic mass is 32.2. The Morgan fingerprint density at radius 2 is 1.81 bits per heavy atom. The summed E-state index contributed by atoms with van der Waals surface area (Å²) < 4.78 is 45.9. The van der Waals surface area contributed by atoms with Crippen molar-refractivity contribution in [1.29, 1.82) is 0 Å². The van der Waals surface area contributed by atoms with Gasteiger partial charge in [0.25, 0.3) is 5.56 Å². The number of hydrogen-bond acceptors (Lipinski definition) is 5. The number of pyridine rings is 1. The molecule has 5 aromatic rings. The lowest BCUT2D eigenvalue weighted by atomic mass is 10.0. The number of benzene rings is 3. The molecule has 2 N–H and O–H groups in total. The summed E-state index contributed by atoms with van der Waals surface area (Å²) in [5.74, 6) is 0.653. The van der Waals surface area contributed by atoms with Crippen LogP contribution in [0, 0.1) is 5.82 Å². The molecule has 5 rings (SSSR count). The number of hydrogen-bond donors (Lipinski definition) is 2. The molecule has 0 atom stereocenters. The van der Waals surface area contributed by atoms with Crippen LogP contribution < -0.4 is 15.6 Å². The van der Waals surface area contributed by atoms with E-state index in [1.165, 1.54) is 22.8 Å². The minimum Gasteiger partial charge on any atom is -0.457 e. The first kappa shape index (κ1) is 24.3. The number of halogens is 1. The Balaban J connectivity index is 1.53. The number of H-pyrrole nitrogens is 1. The van der Waals surface area contributed by atoms with E-state index in [1.54, 1.807) is 55.8 Å². The van der Waals surface area contributed by atoms with Gasteiger partial charge >= 0.3 is 0 Å². The third-order valence-electron chi connectivity index (χ3n) is 6.01. The number of sulfone groups is 1. The Kier molecular flexibility index (Phi) is 6.31. The maximum Gasteiger partial charge on any atom is 0.274 e. The second-order valence-electron chi connectivity index (χ2n) is 8.77. The molecule has 0 radical (unpaired) electrons. The molecular formula is C28H24FN3O4S. The number of nitrogens with zero attached hydrogens (tertiary/aromatic N) is 1. The zero-order valence-corrected chi connectivity index (χ0v) is 21.0. The van der Waals surface area contributed by atoms with E-state index in [9.17, 15) is 17.6 Å². The fourth-order valence-corrected chi connectivity index (χ4v) is 4.82. The third kappa shape index (κ3) is 5.12. The van der Waals surface area contributed by atoms with E-state index in [0.717, 1.165) is 17.5 Å². The highest BCUT2D eigenvalue weighted by Gasteiger charge is 2.18. The third-order valence-corrected chi connectivity index (χ3v) is 7.12. The molecule has 0 saturated heterocycles. The highest BCUT2D eigenvalue weighted by molar-refractivity contribution is 7.90. The van der Waals surface area contributed by atoms with E-state index in [4.69, 9.17) is 4.74 Å². The topological polar surface area (TPSA) is 93.2 Å². The zero-order valence-electron chi connectivity index (χ0n) is 20.2. The monoisotopic (exact) mass is 517 g/mol. The molecule has 0 saturated carbocycles. The number of ether oxygens (including phenoxy) is 1. The molecule has 0 aliphatic heterocycles. The van der Waals surface area contributed by atoms with Crippen LogP contribution in [0.15, 0.2) is 94.9 Å². The summed E-state index contributed by atoms with van der Waals surface area (Å²) in [7, 11) is -1.85. The molecular weight excluding hydrogens is 493 g/mol. The summed E-state index contributed by atoms with van der Waals surface area (Å²) in [6.45, 7) is 0.430. The molecule has 188 valence electrons. The summed E-state index contributed by atoms with van der Waals surface area (Å²) in [5, 5.41) is 3.91. The van der Waals surface area contributed by atoms with Gasteiger partial charge < -0.3 is 19.6 Å². The van der Waals surface area contributed by atoms with E-state index >= 15 is 0 Å². The minimum atomic E-state index is -3.49. The van der Waals surface area contributed by atoms with Gasteiger partial charge in [0.05, 0.1) is 4.90 Å². The summed E-state index contributed by atoms with van der Waals surface area (Å²) >= 11 is 0. The molecule has 3 aromatic carbocycles. The van der Waals surface area contributed by atoms with E-state index in [0.29, 0.717) is 40.1 Å². The summed E-state index contributed by atoms with van der Waals surface area (Å²) in [6, 6.07) is 20.1. The fraction of sp³-hybridized carbons (Fsp3) is 0.107. The molecule has 0 fully saturated rings. The first-order valence-corrected chi connectivity index (χ1v) is 13.4. The second kappa shape index (κ2) is 9.59. The summed E-state index contributed by atoms with van der Waals surface area (Å²) in [5.41, 5.74) is 2.98. The van der Waals surface area contributed by atoms with Gasteiger partial charge in [0.2, 0.25) is 0 Å². The normalized spacial score (nSPS) is 11.5. The van der Waals surface area contributed by atoms with E-state index in [2.05, 4.69) is 10.3 Å². The van der Waals surface area contributed by atoms with Crippen LogP contribution in [-0.2, 0) is 23.4 Å². The Labute approximate surface area is 213 Å². The van der Waals surface area contributed by atoms with Crippen molar-refractivity contribution in [2.75, 3.05) is 11.6 Å². The van der Waals surface area contributed by atoms with Gasteiger partial charge in [-0.2, -0.15) is 0 Å². The molecule has 0 aliphatic carbocycles. The van der Waals surface area contributed by atoms with Crippen LogP contribution in [0.2, 0.25) is 0 Å². The van der Waals surface area contributed by atoms with Crippen LogP contribution in [0.5, 0.6) is 11.5 Å². The first-order valence-electron chi connectivity index (χ1n) is 11.5. The van der Waals surface area contributed by atoms with Gasteiger partial charge in [0.15, 0.2) is 9.84 Å². The molecule has 0 spiro atoms. The van der Waals surface area contributed by atoms with Crippen molar-refractivity contribution in [3.05, 3.63) is 107 Å². The lowest BCUT2D eigenvalue weighted by Gasteiger charge is -2.15.